The second-order valence-corrected chi connectivity index (χ2v) is 11.8. The van der Waals surface area contributed by atoms with Gasteiger partial charge in [-0.05, 0) is 87.4 Å². The van der Waals surface area contributed by atoms with E-state index in [-0.39, 0.29) is 5.91 Å². The van der Waals surface area contributed by atoms with Crippen molar-refractivity contribution in [1.82, 2.24) is 9.47 Å². The lowest BCUT2D eigenvalue weighted by Gasteiger charge is -2.29. The van der Waals surface area contributed by atoms with Gasteiger partial charge in [0.2, 0.25) is 5.91 Å². The Morgan fingerprint density at radius 3 is 2.62 bits per heavy atom. The number of aromatic nitrogens is 1. The number of anilines is 1. The number of rotatable bonds is 8. The van der Waals surface area contributed by atoms with Gasteiger partial charge in [-0.15, -0.1) is 0 Å². The van der Waals surface area contributed by atoms with Gasteiger partial charge in [-0.1, -0.05) is 44.7 Å². The van der Waals surface area contributed by atoms with E-state index in [1.165, 1.54) is 86.7 Å². The molecule has 3 aliphatic rings. The Kier molecular flexibility index (Phi) is 7.83. The van der Waals surface area contributed by atoms with Gasteiger partial charge in [0.05, 0.1) is 17.9 Å². The van der Waals surface area contributed by atoms with Gasteiger partial charge in [0, 0.05) is 34.6 Å². The van der Waals surface area contributed by atoms with E-state index in [0.717, 1.165) is 42.9 Å². The second-order valence-electron chi connectivity index (χ2n) is 11.8. The number of carbonyl (C=O) groups is 1. The predicted octanol–water partition coefficient (Wildman–Crippen LogP) is 6.91. The maximum atomic E-state index is 12.1. The third-order valence-corrected chi connectivity index (χ3v) is 9.33. The number of para-hydroxylation sites is 1. The van der Waals surface area contributed by atoms with Crippen LogP contribution < -0.4 is 15.8 Å². The van der Waals surface area contributed by atoms with Crippen LogP contribution in [0.2, 0.25) is 0 Å². The molecule has 2 aliphatic heterocycles. The number of benzene rings is 2. The Labute approximate surface area is 232 Å². The summed E-state index contributed by atoms with van der Waals surface area (Å²) in [5.41, 5.74) is 12.3. The molecule has 1 unspecified atom stereocenters. The van der Waals surface area contributed by atoms with E-state index in [1.807, 2.05) is 12.1 Å². The maximum Gasteiger partial charge on any atom is 0.248 e. The smallest absolute Gasteiger partial charge is 0.248 e. The highest BCUT2D eigenvalue weighted by atomic mass is 16.5. The molecule has 39 heavy (non-hydrogen) atoms. The molecule has 1 amide bonds. The molecule has 3 aromatic rings. The van der Waals surface area contributed by atoms with Crippen molar-refractivity contribution >= 4 is 22.5 Å². The average Bonchev–Trinajstić information content (AvgIpc) is 3.17. The van der Waals surface area contributed by atoms with E-state index in [1.54, 1.807) is 0 Å². The summed E-state index contributed by atoms with van der Waals surface area (Å²) in [6.07, 6.45) is 12.6. The van der Waals surface area contributed by atoms with Crippen LogP contribution in [0.4, 0.5) is 5.69 Å². The van der Waals surface area contributed by atoms with Gasteiger partial charge in [-0.3, -0.25) is 4.79 Å². The van der Waals surface area contributed by atoms with Gasteiger partial charge in [0.15, 0.2) is 5.75 Å². The molecule has 1 aromatic heterocycles. The second kappa shape index (κ2) is 11.6. The van der Waals surface area contributed by atoms with Crippen LogP contribution in [0.5, 0.6) is 5.75 Å². The predicted molar refractivity (Wildman–Crippen MR) is 160 cm³/mol. The van der Waals surface area contributed by atoms with Crippen molar-refractivity contribution in [2.45, 2.75) is 89.6 Å². The first-order chi connectivity index (χ1) is 19.1. The summed E-state index contributed by atoms with van der Waals surface area (Å²) in [6, 6.07) is 13.0. The van der Waals surface area contributed by atoms with Crippen molar-refractivity contribution in [2.75, 3.05) is 31.6 Å². The van der Waals surface area contributed by atoms with Crippen molar-refractivity contribution < 1.29 is 9.53 Å². The normalized spacial score (nSPS) is 19.1. The van der Waals surface area contributed by atoms with Crippen LogP contribution in [0, 0.1) is 0 Å². The number of fused-ring (bicyclic) bond motifs is 5. The van der Waals surface area contributed by atoms with Gasteiger partial charge < -0.3 is 25.3 Å². The van der Waals surface area contributed by atoms with Crippen LogP contribution >= 0.6 is 0 Å². The van der Waals surface area contributed by atoms with Crippen LogP contribution in [0.3, 0.4) is 0 Å². The van der Waals surface area contributed by atoms with Crippen molar-refractivity contribution in [2.24, 2.45) is 5.73 Å². The van der Waals surface area contributed by atoms with Crippen LogP contribution in [-0.2, 0) is 6.54 Å². The molecule has 1 atom stereocenters. The van der Waals surface area contributed by atoms with E-state index < -0.39 is 0 Å². The number of hydrogen-bond acceptors (Lipinski definition) is 4. The number of amides is 1. The van der Waals surface area contributed by atoms with E-state index in [4.69, 9.17) is 10.5 Å². The minimum atomic E-state index is -0.376. The molecular weight excluding hydrogens is 484 g/mol. The quantitative estimate of drug-likeness (QED) is 0.333. The number of likely N-dealkylation sites (tertiary alicyclic amines) is 1. The van der Waals surface area contributed by atoms with E-state index >= 15 is 0 Å². The molecule has 6 rings (SSSR count). The van der Waals surface area contributed by atoms with Crippen molar-refractivity contribution in [3.8, 4) is 17.0 Å². The monoisotopic (exact) mass is 528 g/mol. The highest BCUT2D eigenvalue weighted by molar-refractivity contribution is 6.01. The Hall–Kier alpha value is -2.99. The summed E-state index contributed by atoms with van der Waals surface area (Å²) < 4.78 is 8.94. The zero-order valence-electron chi connectivity index (χ0n) is 23.5. The van der Waals surface area contributed by atoms with Gasteiger partial charge in [-0.25, -0.2) is 0 Å². The van der Waals surface area contributed by atoms with E-state index in [9.17, 15) is 4.79 Å². The fourth-order valence-electron chi connectivity index (χ4n) is 7.21. The Morgan fingerprint density at radius 2 is 1.85 bits per heavy atom. The summed E-state index contributed by atoms with van der Waals surface area (Å²) >= 11 is 0. The maximum absolute atomic E-state index is 12.1. The molecule has 3 heterocycles. The van der Waals surface area contributed by atoms with Crippen molar-refractivity contribution in [3.05, 3.63) is 47.5 Å². The summed E-state index contributed by atoms with van der Waals surface area (Å²) in [5.74, 6) is 1.12. The molecule has 0 bridgehead atoms. The number of hydrogen-bond donors (Lipinski definition) is 2. The molecule has 3 N–H and O–H groups in total. The summed E-state index contributed by atoms with van der Waals surface area (Å²) in [5, 5.41) is 5.15. The topological polar surface area (TPSA) is 72.5 Å². The van der Waals surface area contributed by atoms with Gasteiger partial charge in [0.1, 0.15) is 6.61 Å². The van der Waals surface area contributed by atoms with E-state index in [0.29, 0.717) is 24.1 Å². The molecule has 6 nitrogen and oxygen atoms in total. The van der Waals surface area contributed by atoms with Gasteiger partial charge >= 0.3 is 0 Å². The van der Waals surface area contributed by atoms with Crippen LogP contribution in [0.25, 0.3) is 22.2 Å². The average molecular weight is 529 g/mol. The third kappa shape index (κ3) is 5.28. The van der Waals surface area contributed by atoms with Crippen LogP contribution in [0.15, 0.2) is 36.4 Å². The fraction of sp³-hybridized carbons (Fsp3) is 0.545. The van der Waals surface area contributed by atoms with Crippen molar-refractivity contribution in [1.29, 1.82) is 0 Å². The summed E-state index contributed by atoms with van der Waals surface area (Å²) in [7, 11) is 0. The van der Waals surface area contributed by atoms with Crippen LogP contribution in [0.1, 0.15) is 93.0 Å². The Bertz CT molecular complexity index is 1320. The van der Waals surface area contributed by atoms with E-state index in [2.05, 4.69) is 46.0 Å². The molecule has 1 saturated carbocycles. The standard InChI is InChI=1S/C33H44N4O2/c1-2-25(16-19-36-17-7-4-8-18-36)35-28-13-9-12-27-31-30(23-10-5-3-6-11-23)26-15-14-24(33(34)38)22-29(26)37(31)20-21-39-32(27)28/h9,12-15,22-23,25,35H,2-8,10-11,16-21H2,1H3,(H2,34,38). The number of nitrogens with zero attached hydrogens (tertiary/aromatic N) is 2. The fourth-order valence-corrected chi connectivity index (χ4v) is 7.21. The number of piperidine rings is 1. The molecular formula is C33H44N4O2. The SMILES string of the molecule is CCC(CCN1CCCCC1)Nc1cccc2c1OCCn1c-2c(C2CCCCC2)c2ccc(C(N)=O)cc21. The number of nitrogens with one attached hydrogen (secondary N) is 1. The highest BCUT2D eigenvalue weighted by Crippen LogP contribution is 2.48. The molecule has 0 spiro atoms. The lowest BCUT2D eigenvalue weighted by atomic mass is 9.81. The zero-order chi connectivity index (χ0) is 26.8. The minimum absolute atomic E-state index is 0.376. The first-order valence-corrected chi connectivity index (χ1v) is 15.3. The molecule has 0 radical (unpaired) electrons. The first-order valence-electron chi connectivity index (χ1n) is 15.3. The van der Waals surface area contributed by atoms with Crippen LogP contribution in [-0.4, -0.2) is 47.7 Å². The number of carbonyl (C=O) groups excluding carboxylic acids is 1. The Morgan fingerprint density at radius 1 is 1.05 bits per heavy atom. The molecule has 1 saturated heterocycles. The number of nitrogens with two attached hydrogens (primary N) is 1. The van der Waals surface area contributed by atoms with Crippen molar-refractivity contribution in [3.63, 3.8) is 0 Å². The molecule has 1 aliphatic carbocycles. The molecule has 2 fully saturated rings. The minimum Gasteiger partial charge on any atom is -0.489 e. The van der Waals surface area contributed by atoms with Gasteiger partial charge in [-0.2, -0.15) is 0 Å². The molecule has 208 valence electrons. The zero-order valence-corrected chi connectivity index (χ0v) is 23.5. The largest absolute Gasteiger partial charge is 0.489 e. The molecule has 6 heteroatoms. The summed E-state index contributed by atoms with van der Waals surface area (Å²) in [6.45, 7) is 7.27. The lowest BCUT2D eigenvalue weighted by Crippen LogP contribution is -2.33. The third-order valence-electron chi connectivity index (χ3n) is 9.33. The summed E-state index contributed by atoms with van der Waals surface area (Å²) in [4.78, 5) is 14.7. The number of ether oxygens (including phenoxy) is 1. The highest BCUT2D eigenvalue weighted by Gasteiger charge is 2.30. The lowest BCUT2D eigenvalue weighted by molar-refractivity contribution is 0.100. The molecule has 2 aromatic carbocycles. The number of primary amides is 1. The first kappa shape index (κ1) is 26.2. The Balaban J connectivity index is 1.39. The van der Waals surface area contributed by atoms with Gasteiger partial charge in [0.25, 0.3) is 0 Å².